The molecule has 15 rings (SSSR count). The largest absolute Gasteiger partial charge is 0.310 e. The van der Waals surface area contributed by atoms with Crippen molar-refractivity contribution in [1.29, 1.82) is 0 Å². The summed E-state index contributed by atoms with van der Waals surface area (Å²) in [5.41, 5.74) is 13.5. The minimum Gasteiger partial charge on any atom is -0.310 e. The molecule has 0 spiro atoms. The topological polar surface area (TPSA) is 11.4 Å². The van der Waals surface area contributed by atoms with Gasteiger partial charge in [0.25, 0.3) is 6.71 Å². The molecule has 120 heavy (non-hydrogen) atoms. The monoisotopic (exact) mass is 1600 g/mol. The number of rotatable bonds is 8. The van der Waals surface area contributed by atoms with Crippen LogP contribution in [0.2, 0.25) is 0 Å². The second kappa shape index (κ2) is 28.9. The zero-order valence-corrected chi connectivity index (χ0v) is 78.2. The first-order chi connectivity index (χ1) is 61.3. The van der Waals surface area contributed by atoms with Gasteiger partial charge in [0, 0.05) is 61.5 Å². The lowest BCUT2D eigenvalue weighted by Gasteiger charge is -2.47. The van der Waals surface area contributed by atoms with Gasteiger partial charge in [-0.1, -0.05) is 374 Å². The van der Waals surface area contributed by atoms with Crippen LogP contribution in [0.15, 0.2) is 224 Å². The molecule has 0 saturated carbocycles. The van der Waals surface area contributed by atoms with Crippen molar-refractivity contribution in [1.82, 2.24) is 4.57 Å². The molecule has 3 nitrogen and oxygen atoms in total. The van der Waals surface area contributed by atoms with Crippen LogP contribution in [0.1, 0.15) is 309 Å². The molecule has 2 aliphatic rings. The minimum absolute atomic E-state index is 0.0199. The first kappa shape index (κ1) is 68.7. The van der Waals surface area contributed by atoms with Gasteiger partial charge >= 0.3 is 0 Å². The molecule has 3 heterocycles. The lowest BCUT2D eigenvalue weighted by molar-refractivity contribution is 0.569. The summed E-state index contributed by atoms with van der Waals surface area (Å²) in [5, 5.41) is 2.07. The fourth-order valence-corrected chi connectivity index (χ4v) is 17.6. The van der Waals surface area contributed by atoms with Crippen molar-refractivity contribution in [2.45, 2.75) is 288 Å². The molecule has 13 aromatic rings. The molecule has 618 valence electrons. The number of nitrogens with zero attached hydrogens (tertiary/aromatic N) is 3. The summed E-state index contributed by atoms with van der Waals surface area (Å²) in [7, 11) is 0. The molecular weight excluding hydrogens is 1450 g/mol. The van der Waals surface area contributed by atoms with E-state index >= 15 is 0 Å². The van der Waals surface area contributed by atoms with Crippen LogP contribution in [0.25, 0.3) is 83.1 Å². The van der Waals surface area contributed by atoms with Gasteiger partial charge in [-0.05, 0) is 249 Å². The Kier molecular flexibility index (Phi) is 16.5. The van der Waals surface area contributed by atoms with Crippen molar-refractivity contribution in [2.75, 3.05) is 9.80 Å². The van der Waals surface area contributed by atoms with Crippen LogP contribution in [-0.2, 0) is 59.6 Å². The quantitative estimate of drug-likeness (QED) is 0.141. The molecule has 4 heteroatoms. The van der Waals surface area contributed by atoms with E-state index in [1.54, 1.807) is 0 Å². The van der Waals surface area contributed by atoms with E-state index in [1.165, 1.54) is 0 Å². The van der Waals surface area contributed by atoms with E-state index in [1.807, 2.05) is 95.2 Å². The van der Waals surface area contributed by atoms with Crippen molar-refractivity contribution in [3.05, 3.63) is 285 Å². The first-order valence-electron chi connectivity index (χ1n) is 50.5. The summed E-state index contributed by atoms with van der Waals surface area (Å²) >= 11 is 0. The molecule has 0 fully saturated rings. The van der Waals surface area contributed by atoms with E-state index in [9.17, 15) is 17.8 Å². The third-order valence-corrected chi connectivity index (χ3v) is 24.8. The first-order valence-corrected chi connectivity index (χ1v) is 43.5. The van der Waals surface area contributed by atoms with Gasteiger partial charge in [0.05, 0.1) is 41.6 Å². The summed E-state index contributed by atoms with van der Waals surface area (Å²) < 4.78 is 149. The molecule has 0 radical (unpaired) electrons. The normalized spacial score (nSPS) is 15.6. The van der Waals surface area contributed by atoms with Gasteiger partial charge in [-0.25, -0.2) is 0 Å². The smallest absolute Gasteiger partial charge is 0.252 e. The van der Waals surface area contributed by atoms with Gasteiger partial charge in [-0.3, -0.25) is 0 Å². The van der Waals surface area contributed by atoms with Crippen LogP contribution >= 0.6 is 0 Å². The van der Waals surface area contributed by atoms with Gasteiger partial charge in [-0.2, -0.15) is 0 Å². The Labute approximate surface area is 743 Å². The van der Waals surface area contributed by atoms with E-state index < -0.39 is 80.2 Å². The van der Waals surface area contributed by atoms with Crippen molar-refractivity contribution >= 4 is 79.0 Å². The Morgan fingerprint density at radius 1 is 0.250 bits per heavy atom. The second-order valence-corrected chi connectivity index (χ2v) is 45.8. The van der Waals surface area contributed by atoms with Gasteiger partial charge in [0.15, 0.2) is 0 Å². The number of hydrogen-bond acceptors (Lipinski definition) is 2. The van der Waals surface area contributed by atoms with E-state index in [0.717, 1.165) is 99.6 Å². The average molecular weight is 1600 g/mol. The van der Waals surface area contributed by atoms with Gasteiger partial charge in [0.1, 0.15) is 0 Å². The Morgan fingerprint density at radius 2 is 0.675 bits per heavy atom. The maximum Gasteiger partial charge on any atom is 0.252 e. The predicted octanol–water partition coefficient (Wildman–Crippen LogP) is 31.5. The minimum atomic E-state index is -1.11. The SMILES string of the molecule is [2H]c1c([2H])c([2H])c(-c2ccc3c(c2)N(c2c(-c4ccccc4C(C)(C)C)cc(C(C)(C)C)cc2-c2ccc(C(C)(C)C)cc2C(C)(C)C)c2cc(C(C)(C)C)cc4c2B3c2ccc(-n3c5ccc(C(C)(C)C)cc5c5cc(C(C)(C)C)ccc53)cc2N4c2c(-c3c([2H])c([2H])c(C(C)(C)C)c([2H])c3[2H])c([2H])c(C(C)(C)C)c([2H])c2-c2c([2H])c(C(C)(C)C)c([2H])c([2H])c2C(C)(C)C)c([2H])c1[2H]. The lowest BCUT2D eigenvalue weighted by atomic mass is 9.33. The summed E-state index contributed by atoms with van der Waals surface area (Å²) in [6.07, 6.45) is 0. The number of anilines is 6. The van der Waals surface area contributed by atoms with Crippen LogP contribution in [-0.4, -0.2) is 11.3 Å². The number of benzene rings is 12. The molecule has 1 aromatic heterocycles. The lowest BCUT2D eigenvalue weighted by Crippen LogP contribution is -2.61. The van der Waals surface area contributed by atoms with Crippen LogP contribution < -0.4 is 26.2 Å². The van der Waals surface area contributed by atoms with Crippen molar-refractivity contribution < 1.29 is 19.2 Å². The van der Waals surface area contributed by atoms with Crippen molar-refractivity contribution in [3.8, 4) is 61.3 Å². The van der Waals surface area contributed by atoms with E-state index in [0.29, 0.717) is 45.0 Å². The molecular formula is C116H136BN3. The maximum absolute atomic E-state index is 11.8. The van der Waals surface area contributed by atoms with Crippen LogP contribution in [0.5, 0.6) is 0 Å². The standard InChI is InChI=1S/C116H136BN3/c1-106(2,3)74-46-43-72(44-47-74)85-63-79(111(16,17)18)66-91(86-60-75(107(4,5)6)49-54-93(86)115(28,29)30)104(85)120-100-70-82(118-97-57-50-76(108(7,8)9)61-87(97)88-62-77(109(10,11)12)51-58-98(88)118)52-56-96(100)117-95-55-45-73(71-39-35-34-36-40-71)59-99(95)119(101-68-81(113(22,23)24)69-102(120)103(101)117)105-89(83-41-37-38-42-92(83)114(25,26)27)64-80(112(19,20)21)65-90(105)84-53-48-78(110(13,14)15)67-94(84)116(31,32)33/h34-70H,1-33H3/i34D,35D,36D,39D,40D,43D,44D,46D,47D,49D,54D,60D,63D,66D. The van der Waals surface area contributed by atoms with Gasteiger partial charge in [-0.15, -0.1) is 0 Å². The van der Waals surface area contributed by atoms with Crippen LogP contribution in [0.4, 0.5) is 34.1 Å². The summed E-state index contributed by atoms with van der Waals surface area (Å²) in [6, 6.07) is 46.6. The number of aromatic nitrogens is 1. The van der Waals surface area contributed by atoms with E-state index in [2.05, 4.69) is 287 Å². The van der Waals surface area contributed by atoms with Crippen LogP contribution in [0, 0.1) is 0 Å². The molecule has 2 aliphatic heterocycles. The third kappa shape index (κ3) is 15.5. The second-order valence-electron chi connectivity index (χ2n) is 45.8. The molecule has 0 unspecified atom stereocenters. The fraction of sp³-hybridized carbons (Fsp3) is 0.379. The molecule has 0 aliphatic carbocycles. The Bertz CT molecular complexity index is 6990. The Balaban J connectivity index is 1.29. The highest BCUT2D eigenvalue weighted by molar-refractivity contribution is 7.00. The predicted molar refractivity (Wildman–Crippen MR) is 528 cm³/mol. The molecule has 0 saturated heterocycles. The zero-order chi connectivity index (χ0) is 99.4. The molecule has 0 amide bonds. The Morgan fingerprint density at radius 3 is 1.18 bits per heavy atom. The van der Waals surface area contributed by atoms with E-state index in [-0.39, 0.29) is 121 Å². The summed E-state index contributed by atoms with van der Waals surface area (Å²) in [5.74, 6) is 0. The highest BCUT2D eigenvalue weighted by Crippen LogP contribution is 2.58. The third-order valence-electron chi connectivity index (χ3n) is 24.8. The molecule has 0 atom stereocenters. The molecule has 12 aromatic carbocycles. The fourth-order valence-electron chi connectivity index (χ4n) is 17.6. The summed E-state index contributed by atoms with van der Waals surface area (Å²) in [4.78, 5) is 4.54. The number of hydrogen-bond donors (Lipinski definition) is 0. The van der Waals surface area contributed by atoms with E-state index in [4.69, 9.17) is 1.37 Å². The Hall–Kier alpha value is -9.90. The molecule has 0 bridgehead atoms. The maximum atomic E-state index is 11.8. The van der Waals surface area contributed by atoms with Crippen molar-refractivity contribution in [2.24, 2.45) is 0 Å². The highest BCUT2D eigenvalue weighted by atomic mass is 15.2. The highest BCUT2D eigenvalue weighted by Gasteiger charge is 2.48. The zero-order valence-electron chi connectivity index (χ0n) is 92.2. The van der Waals surface area contributed by atoms with Crippen LogP contribution in [0.3, 0.4) is 0 Å². The summed E-state index contributed by atoms with van der Waals surface area (Å²) in [6.45, 7) is 69.3. The van der Waals surface area contributed by atoms with Gasteiger partial charge < -0.3 is 14.4 Å². The molecule has 0 N–H and O–H groups in total. The number of fused-ring (bicyclic) bond motifs is 7. The van der Waals surface area contributed by atoms with Crippen molar-refractivity contribution in [3.63, 3.8) is 0 Å². The van der Waals surface area contributed by atoms with Gasteiger partial charge in [0.2, 0.25) is 0 Å². The average Bonchev–Trinajstić information content (AvgIpc) is 0.713.